The third-order valence-corrected chi connectivity index (χ3v) is 3.39. The van der Waals surface area contributed by atoms with Crippen molar-refractivity contribution in [3.05, 3.63) is 34.9 Å². The lowest BCUT2D eigenvalue weighted by atomic mass is 9.90. The van der Waals surface area contributed by atoms with Gasteiger partial charge in [-0.15, -0.1) is 0 Å². The van der Waals surface area contributed by atoms with E-state index in [1.807, 2.05) is 7.05 Å². The average molecular weight is 232 g/mol. The maximum atomic E-state index is 11.4. The second-order valence-electron chi connectivity index (χ2n) is 4.72. The number of hydrogen-bond donors (Lipinski definition) is 1. The Bertz CT molecular complexity index is 415. The van der Waals surface area contributed by atoms with E-state index in [1.54, 1.807) is 11.9 Å². The number of fused-ring (bicyclic) bond motifs is 1. The van der Waals surface area contributed by atoms with E-state index in [1.165, 1.54) is 42.4 Å². The molecule has 0 saturated heterocycles. The monoisotopic (exact) mass is 232 g/mol. The number of amides is 2. The molecule has 0 unspecified atom stereocenters. The Balaban J connectivity index is 2.09. The SMILES string of the molecule is CNC(=O)N(C)Cc1ccc2c(c1)CCCC2. The third-order valence-electron chi connectivity index (χ3n) is 3.39. The van der Waals surface area contributed by atoms with Gasteiger partial charge < -0.3 is 10.2 Å². The van der Waals surface area contributed by atoms with Crippen LogP contribution in [0, 0.1) is 0 Å². The second-order valence-corrected chi connectivity index (χ2v) is 4.72. The van der Waals surface area contributed by atoms with Gasteiger partial charge in [0.25, 0.3) is 0 Å². The third kappa shape index (κ3) is 2.78. The predicted molar refractivity (Wildman–Crippen MR) is 69.0 cm³/mol. The summed E-state index contributed by atoms with van der Waals surface area (Å²) < 4.78 is 0. The van der Waals surface area contributed by atoms with Crippen LogP contribution in [0.25, 0.3) is 0 Å². The highest BCUT2D eigenvalue weighted by molar-refractivity contribution is 5.73. The Morgan fingerprint density at radius 2 is 2.00 bits per heavy atom. The number of carbonyl (C=O) groups is 1. The summed E-state index contributed by atoms with van der Waals surface area (Å²) >= 11 is 0. The zero-order valence-corrected chi connectivity index (χ0v) is 10.6. The molecule has 1 N–H and O–H groups in total. The molecule has 0 spiro atoms. The molecule has 0 saturated carbocycles. The minimum absolute atomic E-state index is 0.0391. The van der Waals surface area contributed by atoms with Gasteiger partial charge in [-0.25, -0.2) is 4.79 Å². The summed E-state index contributed by atoms with van der Waals surface area (Å²) in [4.78, 5) is 13.1. The van der Waals surface area contributed by atoms with Crippen molar-refractivity contribution in [3.63, 3.8) is 0 Å². The maximum Gasteiger partial charge on any atom is 0.317 e. The molecule has 2 amide bonds. The van der Waals surface area contributed by atoms with Crippen LogP contribution < -0.4 is 5.32 Å². The van der Waals surface area contributed by atoms with E-state index in [2.05, 4.69) is 23.5 Å². The zero-order valence-electron chi connectivity index (χ0n) is 10.6. The normalized spacial score (nSPS) is 14.0. The van der Waals surface area contributed by atoms with Crippen molar-refractivity contribution in [2.75, 3.05) is 14.1 Å². The molecule has 0 aliphatic heterocycles. The largest absolute Gasteiger partial charge is 0.341 e. The molecule has 1 aliphatic carbocycles. The Hall–Kier alpha value is -1.51. The summed E-state index contributed by atoms with van der Waals surface area (Å²) in [5.41, 5.74) is 4.18. The van der Waals surface area contributed by atoms with Crippen LogP contribution in [0.4, 0.5) is 4.79 Å². The fourth-order valence-corrected chi connectivity index (χ4v) is 2.42. The first kappa shape index (κ1) is 12.0. The average Bonchev–Trinajstić information content (AvgIpc) is 2.37. The molecular formula is C14H20N2O. The van der Waals surface area contributed by atoms with Crippen molar-refractivity contribution in [2.45, 2.75) is 32.2 Å². The Morgan fingerprint density at radius 3 is 2.71 bits per heavy atom. The molecule has 92 valence electrons. The Labute approximate surface area is 103 Å². The number of carbonyl (C=O) groups excluding carboxylic acids is 1. The van der Waals surface area contributed by atoms with Gasteiger partial charge in [-0.3, -0.25) is 0 Å². The molecule has 3 nitrogen and oxygen atoms in total. The van der Waals surface area contributed by atoms with Gasteiger partial charge in [0.1, 0.15) is 0 Å². The van der Waals surface area contributed by atoms with Gasteiger partial charge in [0.2, 0.25) is 0 Å². The number of aryl methyl sites for hydroxylation is 2. The maximum absolute atomic E-state index is 11.4. The zero-order chi connectivity index (χ0) is 12.3. The predicted octanol–water partition coefficient (Wildman–Crippen LogP) is 2.34. The summed E-state index contributed by atoms with van der Waals surface area (Å²) in [6.45, 7) is 0.674. The van der Waals surface area contributed by atoms with Gasteiger partial charge in [-0.1, -0.05) is 18.2 Å². The highest BCUT2D eigenvalue weighted by Gasteiger charge is 2.11. The number of urea groups is 1. The first-order valence-corrected chi connectivity index (χ1v) is 6.24. The van der Waals surface area contributed by atoms with Gasteiger partial charge in [-0.05, 0) is 42.4 Å². The molecule has 17 heavy (non-hydrogen) atoms. The number of nitrogens with one attached hydrogen (secondary N) is 1. The molecule has 0 aromatic heterocycles. The highest BCUT2D eigenvalue weighted by Crippen LogP contribution is 2.22. The molecule has 1 aromatic rings. The lowest BCUT2D eigenvalue weighted by Gasteiger charge is -2.20. The summed E-state index contributed by atoms with van der Waals surface area (Å²) in [5.74, 6) is 0. The molecular weight excluding hydrogens is 212 g/mol. The van der Waals surface area contributed by atoms with E-state index in [9.17, 15) is 4.79 Å². The topological polar surface area (TPSA) is 32.3 Å². The second kappa shape index (κ2) is 5.21. The molecule has 0 atom stereocenters. The van der Waals surface area contributed by atoms with Gasteiger partial charge in [-0.2, -0.15) is 0 Å². The fraction of sp³-hybridized carbons (Fsp3) is 0.500. The minimum atomic E-state index is -0.0391. The summed E-state index contributed by atoms with van der Waals surface area (Å²) in [5, 5.41) is 2.63. The van der Waals surface area contributed by atoms with Gasteiger partial charge in [0.15, 0.2) is 0 Å². The molecule has 0 heterocycles. The van der Waals surface area contributed by atoms with Crippen molar-refractivity contribution in [1.82, 2.24) is 10.2 Å². The summed E-state index contributed by atoms with van der Waals surface area (Å²) in [6.07, 6.45) is 5.00. The van der Waals surface area contributed by atoms with Crippen molar-refractivity contribution in [3.8, 4) is 0 Å². The summed E-state index contributed by atoms with van der Waals surface area (Å²) in [7, 11) is 3.48. The quantitative estimate of drug-likeness (QED) is 0.834. The van der Waals surface area contributed by atoms with Crippen LogP contribution in [-0.4, -0.2) is 25.0 Å². The van der Waals surface area contributed by atoms with Crippen LogP contribution in [0.15, 0.2) is 18.2 Å². The molecule has 0 radical (unpaired) electrons. The molecule has 1 aromatic carbocycles. The standard InChI is InChI=1S/C14H20N2O/c1-15-14(17)16(2)10-11-7-8-12-5-3-4-6-13(12)9-11/h7-9H,3-6,10H2,1-2H3,(H,15,17). The van der Waals surface area contributed by atoms with E-state index in [-0.39, 0.29) is 6.03 Å². The molecule has 0 bridgehead atoms. The van der Waals surface area contributed by atoms with Gasteiger partial charge in [0.05, 0.1) is 0 Å². The smallest absolute Gasteiger partial charge is 0.317 e. The van der Waals surface area contributed by atoms with Crippen molar-refractivity contribution in [2.24, 2.45) is 0 Å². The summed E-state index contributed by atoms with van der Waals surface area (Å²) in [6, 6.07) is 6.58. The van der Waals surface area contributed by atoms with Crippen molar-refractivity contribution in [1.29, 1.82) is 0 Å². The number of hydrogen-bond acceptors (Lipinski definition) is 1. The van der Waals surface area contributed by atoms with E-state index in [0.717, 1.165) is 0 Å². The van der Waals surface area contributed by atoms with E-state index >= 15 is 0 Å². The lowest BCUT2D eigenvalue weighted by Crippen LogP contribution is -2.34. The number of rotatable bonds is 2. The van der Waals surface area contributed by atoms with Crippen LogP contribution >= 0.6 is 0 Å². The molecule has 1 aliphatic rings. The van der Waals surface area contributed by atoms with Crippen LogP contribution in [0.5, 0.6) is 0 Å². The first-order valence-electron chi connectivity index (χ1n) is 6.24. The molecule has 3 heteroatoms. The van der Waals surface area contributed by atoms with Crippen molar-refractivity contribution < 1.29 is 4.79 Å². The highest BCUT2D eigenvalue weighted by atomic mass is 16.2. The Morgan fingerprint density at radius 1 is 1.29 bits per heavy atom. The molecule has 2 rings (SSSR count). The minimum Gasteiger partial charge on any atom is -0.341 e. The van der Waals surface area contributed by atoms with Crippen LogP contribution in [-0.2, 0) is 19.4 Å². The number of benzene rings is 1. The van der Waals surface area contributed by atoms with Gasteiger partial charge >= 0.3 is 6.03 Å². The first-order chi connectivity index (χ1) is 8.20. The lowest BCUT2D eigenvalue weighted by molar-refractivity contribution is 0.209. The van der Waals surface area contributed by atoms with Crippen LogP contribution in [0.2, 0.25) is 0 Å². The van der Waals surface area contributed by atoms with Crippen molar-refractivity contribution >= 4 is 6.03 Å². The van der Waals surface area contributed by atoms with E-state index < -0.39 is 0 Å². The van der Waals surface area contributed by atoms with Crippen LogP contribution in [0.1, 0.15) is 29.5 Å². The fourth-order valence-electron chi connectivity index (χ4n) is 2.42. The van der Waals surface area contributed by atoms with E-state index in [0.29, 0.717) is 6.54 Å². The van der Waals surface area contributed by atoms with Gasteiger partial charge in [0, 0.05) is 20.6 Å². The number of nitrogens with zero attached hydrogens (tertiary/aromatic N) is 1. The van der Waals surface area contributed by atoms with Crippen LogP contribution in [0.3, 0.4) is 0 Å². The molecule has 0 fully saturated rings. The Kier molecular flexibility index (Phi) is 3.67. The van der Waals surface area contributed by atoms with E-state index in [4.69, 9.17) is 0 Å².